The molecule has 0 aliphatic rings. The second-order valence-electron chi connectivity index (χ2n) is 3.03. The highest BCUT2D eigenvalue weighted by Crippen LogP contribution is 2.08. The molecule has 5 heteroatoms. The fourth-order valence-corrected chi connectivity index (χ4v) is 1.63. The van der Waals surface area contributed by atoms with Crippen molar-refractivity contribution >= 4 is 16.9 Å². The van der Waals surface area contributed by atoms with Crippen LogP contribution in [0.3, 0.4) is 0 Å². The molecule has 0 spiro atoms. The van der Waals surface area contributed by atoms with Crippen LogP contribution < -0.4 is 5.32 Å². The average molecular weight is 234 g/mol. The van der Waals surface area contributed by atoms with E-state index < -0.39 is 0 Å². The summed E-state index contributed by atoms with van der Waals surface area (Å²) in [7, 11) is 0. The Morgan fingerprint density at radius 2 is 2.50 bits per heavy atom. The number of aromatic nitrogens is 1. The second kappa shape index (κ2) is 6.85. The van der Waals surface area contributed by atoms with E-state index in [9.17, 15) is 0 Å². The van der Waals surface area contributed by atoms with E-state index >= 15 is 0 Å². The van der Waals surface area contributed by atoms with Gasteiger partial charge in [0.2, 0.25) is 0 Å². The highest BCUT2D eigenvalue weighted by atomic mass is 32.2. The van der Waals surface area contributed by atoms with Gasteiger partial charge in [-0.25, -0.2) is 0 Å². The van der Waals surface area contributed by atoms with Crippen molar-refractivity contribution in [1.29, 1.82) is 5.26 Å². The maximum atomic E-state index is 8.49. The van der Waals surface area contributed by atoms with Crippen LogP contribution in [0.2, 0.25) is 0 Å². The molecule has 0 aliphatic heterocycles. The molecule has 0 aromatic carbocycles. The fourth-order valence-electron chi connectivity index (χ4n) is 1.29. The Kier molecular flexibility index (Phi) is 5.37. The lowest BCUT2D eigenvalue weighted by Crippen LogP contribution is -2.13. The van der Waals surface area contributed by atoms with Gasteiger partial charge in [0.1, 0.15) is 0 Å². The summed E-state index contributed by atoms with van der Waals surface area (Å²) in [5, 5.41) is 11.6. The third-order valence-electron chi connectivity index (χ3n) is 2.09. The van der Waals surface area contributed by atoms with Crippen molar-refractivity contribution in [3.8, 4) is 6.19 Å². The summed E-state index contributed by atoms with van der Waals surface area (Å²) >= 11 is 1.42. The van der Waals surface area contributed by atoms with Gasteiger partial charge in [0.15, 0.2) is 11.4 Å². The lowest BCUT2D eigenvalue weighted by Gasteiger charge is -2.04. The third kappa shape index (κ3) is 3.55. The Balaban J connectivity index is 2.76. The number of nitrogens with zero attached hydrogens (tertiary/aromatic N) is 3. The number of rotatable bonds is 3. The zero-order valence-corrected chi connectivity index (χ0v) is 10.2. The Morgan fingerprint density at radius 1 is 1.69 bits per heavy atom. The molecule has 1 rings (SSSR count). The Bertz CT molecular complexity index is 409. The molecule has 0 aliphatic carbocycles. The largest absolute Gasteiger partial charge is 0.272 e. The highest BCUT2D eigenvalue weighted by molar-refractivity contribution is 8.13. The van der Waals surface area contributed by atoms with Gasteiger partial charge in [-0.1, -0.05) is 24.8 Å². The molecule has 0 fully saturated rings. The molecule has 0 amide bonds. The first-order chi connectivity index (χ1) is 7.81. The molecule has 1 aromatic rings. The molecule has 0 atom stereocenters. The second-order valence-corrected chi connectivity index (χ2v) is 3.82. The predicted molar refractivity (Wildman–Crippen MR) is 67.0 cm³/mol. The summed E-state index contributed by atoms with van der Waals surface area (Å²) in [6.07, 6.45) is 6.45. The number of aryl methyl sites for hydroxylation is 1. The molecule has 4 nitrogen and oxygen atoms in total. The maximum absolute atomic E-state index is 8.49. The molecule has 0 bridgehead atoms. The van der Waals surface area contributed by atoms with Crippen LogP contribution in [0.1, 0.15) is 18.2 Å². The lowest BCUT2D eigenvalue weighted by molar-refractivity contribution is 0.933. The summed E-state index contributed by atoms with van der Waals surface area (Å²) < 4.78 is 0. The number of thioether (sulfide) groups is 1. The molecular formula is C11H14N4S. The predicted octanol–water partition coefficient (Wildman–Crippen LogP) is 1.93. The van der Waals surface area contributed by atoms with Crippen LogP contribution in [-0.4, -0.2) is 16.4 Å². The van der Waals surface area contributed by atoms with Crippen molar-refractivity contribution in [3.63, 3.8) is 0 Å². The Hall–Kier alpha value is -1.54. The smallest absolute Gasteiger partial charge is 0.183 e. The van der Waals surface area contributed by atoms with Gasteiger partial charge in [-0.3, -0.25) is 15.3 Å². The van der Waals surface area contributed by atoms with Crippen LogP contribution in [0.25, 0.3) is 0 Å². The number of hydrogen-bond donors (Lipinski definition) is 1. The number of nitriles is 1. The minimum absolute atomic E-state index is 0.509. The van der Waals surface area contributed by atoms with Crippen LogP contribution in [0.5, 0.6) is 0 Å². The number of nitrogens with one attached hydrogen (secondary N) is 1. The van der Waals surface area contributed by atoms with Crippen LogP contribution in [-0.2, 0) is 13.0 Å². The van der Waals surface area contributed by atoms with Gasteiger partial charge in [0, 0.05) is 6.20 Å². The topological polar surface area (TPSA) is 61.1 Å². The minimum atomic E-state index is 0.509. The molecular weight excluding hydrogens is 220 g/mol. The summed E-state index contributed by atoms with van der Waals surface area (Å²) in [5.74, 6) is 0. The normalized spacial score (nSPS) is 10.9. The standard InChI is InChI=1S/C11H14N4S/c1-3-9-5-4-6-13-10(9)7-14-11(16-2)15-8-12/h4-6H,3,7H2,1-2H3,(H,14,15). The van der Waals surface area contributed by atoms with E-state index in [4.69, 9.17) is 5.26 Å². The summed E-state index contributed by atoms with van der Waals surface area (Å²) in [6.45, 7) is 2.60. The summed E-state index contributed by atoms with van der Waals surface area (Å²) in [5.41, 5.74) is 2.17. The van der Waals surface area contributed by atoms with Gasteiger partial charge >= 0.3 is 0 Å². The van der Waals surface area contributed by atoms with Crippen molar-refractivity contribution in [2.75, 3.05) is 6.26 Å². The average Bonchev–Trinajstić information content (AvgIpc) is 2.34. The number of aliphatic imine (C=N–C) groups is 1. The number of pyridine rings is 1. The van der Waals surface area contributed by atoms with Crippen molar-refractivity contribution in [3.05, 3.63) is 29.6 Å². The van der Waals surface area contributed by atoms with Gasteiger partial charge in [-0.15, -0.1) is 0 Å². The van der Waals surface area contributed by atoms with E-state index in [1.165, 1.54) is 17.3 Å². The minimum Gasteiger partial charge on any atom is -0.272 e. The highest BCUT2D eigenvalue weighted by Gasteiger charge is 2.01. The molecule has 0 radical (unpaired) electrons. The third-order valence-corrected chi connectivity index (χ3v) is 2.71. The Morgan fingerprint density at radius 3 is 3.12 bits per heavy atom. The van der Waals surface area contributed by atoms with Crippen molar-refractivity contribution in [2.45, 2.75) is 19.9 Å². The first kappa shape index (κ1) is 12.5. The SMILES string of the molecule is CCc1cccnc1CN=C(NC#N)SC. The van der Waals surface area contributed by atoms with Crippen LogP contribution in [0.4, 0.5) is 0 Å². The van der Waals surface area contributed by atoms with Gasteiger partial charge in [0.25, 0.3) is 0 Å². The van der Waals surface area contributed by atoms with E-state index in [1.54, 1.807) is 6.20 Å². The molecule has 1 heterocycles. The monoisotopic (exact) mass is 234 g/mol. The molecule has 0 unspecified atom stereocenters. The van der Waals surface area contributed by atoms with E-state index in [1.807, 2.05) is 24.6 Å². The molecule has 0 saturated heterocycles. The maximum Gasteiger partial charge on any atom is 0.183 e. The lowest BCUT2D eigenvalue weighted by atomic mass is 10.1. The quantitative estimate of drug-likeness (QED) is 0.376. The molecule has 1 N–H and O–H groups in total. The van der Waals surface area contributed by atoms with Crippen molar-refractivity contribution in [1.82, 2.24) is 10.3 Å². The first-order valence-electron chi connectivity index (χ1n) is 4.98. The van der Waals surface area contributed by atoms with Crippen LogP contribution in [0, 0.1) is 11.5 Å². The fraction of sp³-hybridized carbons (Fsp3) is 0.364. The summed E-state index contributed by atoms with van der Waals surface area (Å²) in [6, 6.07) is 3.98. The van der Waals surface area contributed by atoms with E-state index in [-0.39, 0.29) is 0 Å². The van der Waals surface area contributed by atoms with Gasteiger partial charge in [0.05, 0.1) is 12.2 Å². The van der Waals surface area contributed by atoms with Gasteiger partial charge < -0.3 is 0 Å². The summed E-state index contributed by atoms with van der Waals surface area (Å²) in [4.78, 5) is 8.58. The molecule has 1 aromatic heterocycles. The zero-order chi connectivity index (χ0) is 11.8. The van der Waals surface area contributed by atoms with Crippen molar-refractivity contribution < 1.29 is 0 Å². The molecule has 16 heavy (non-hydrogen) atoms. The molecule has 84 valence electrons. The number of hydrogen-bond acceptors (Lipinski definition) is 4. The Labute approximate surface area is 99.8 Å². The van der Waals surface area contributed by atoms with E-state index in [2.05, 4.69) is 22.2 Å². The van der Waals surface area contributed by atoms with Gasteiger partial charge in [-0.2, -0.15) is 5.26 Å². The van der Waals surface area contributed by atoms with Crippen LogP contribution >= 0.6 is 11.8 Å². The molecule has 0 saturated carbocycles. The first-order valence-corrected chi connectivity index (χ1v) is 6.20. The van der Waals surface area contributed by atoms with Crippen LogP contribution in [0.15, 0.2) is 23.3 Å². The number of amidine groups is 1. The van der Waals surface area contributed by atoms with E-state index in [0.29, 0.717) is 11.7 Å². The van der Waals surface area contributed by atoms with E-state index in [0.717, 1.165) is 12.1 Å². The van der Waals surface area contributed by atoms with Crippen molar-refractivity contribution in [2.24, 2.45) is 4.99 Å². The zero-order valence-electron chi connectivity index (χ0n) is 9.40. The van der Waals surface area contributed by atoms with Gasteiger partial charge in [-0.05, 0) is 24.3 Å².